The van der Waals surface area contributed by atoms with Gasteiger partial charge in [-0.15, -0.1) is 11.3 Å². The molecule has 1 saturated carbocycles. The van der Waals surface area contributed by atoms with Crippen molar-refractivity contribution < 1.29 is 4.79 Å². The van der Waals surface area contributed by atoms with Crippen LogP contribution >= 0.6 is 11.3 Å². The average molecular weight is 334 g/mol. The summed E-state index contributed by atoms with van der Waals surface area (Å²) in [5.41, 5.74) is 0. The number of likely N-dealkylation sites (tertiary alicyclic amines) is 1. The highest BCUT2D eigenvalue weighted by Crippen LogP contribution is 2.41. The summed E-state index contributed by atoms with van der Waals surface area (Å²) in [5, 5.41) is 3.23. The Kier molecular flexibility index (Phi) is 4.05. The van der Waals surface area contributed by atoms with Crippen LogP contribution in [0.4, 0.5) is 5.13 Å². The van der Waals surface area contributed by atoms with E-state index in [9.17, 15) is 4.79 Å². The SMILES string of the molecule is CN(C)C[C@@H]1C[C@@H]2CN(C(=O)C3CC3)CC[C@@H]2N1c1nccs1. The van der Waals surface area contributed by atoms with Crippen LogP contribution in [0.3, 0.4) is 0 Å². The van der Waals surface area contributed by atoms with E-state index >= 15 is 0 Å². The molecule has 2 aliphatic heterocycles. The molecule has 2 saturated heterocycles. The maximum Gasteiger partial charge on any atom is 0.225 e. The van der Waals surface area contributed by atoms with E-state index in [2.05, 4.69) is 39.2 Å². The molecule has 6 heteroatoms. The highest BCUT2D eigenvalue weighted by atomic mass is 32.1. The van der Waals surface area contributed by atoms with Gasteiger partial charge in [-0.1, -0.05) is 0 Å². The zero-order valence-corrected chi connectivity index (χ0v) is 14.8. The fourth-order valence-electron chi connectivity index (χ4n) is 4.37. The minimum atomic E-state index is 0.348. The fraction of sp³-hybridized carbons (Fsp3) is 0.765. The normalized spacial score (nSPS) is 30.8. The Morgan fingerprint density at radius 3 is 2.87 bits per heavy atom. The quantitative estimate of drug-likeness (QED) is 0.843. The number of rotatable bonds is 4. The first kappa shape index (κ1) is 15.4. The van der Waals surface area contributed by atoms with Gasteiger partial charge >= 0.3 is 0 Å². The molecular formula is C17H26N4OS. The molecule has 3 atom stereocenters. The highest BCUT2D eigenvalue weighted by Gasteiger charge is 2.46. The van der Waals surface area contributed by atoms with Gasteiger partial charge in [0.2, 0.25) is 5.91 Å². The molecule has 0 N–H and O–H groups in total. The number of amides is 1. The summed E-state index contributed by atoms with van der Waals surface area (Å²) in [6.07, 6.45) is 6.39. The summed E-state index contributed by atoms with van der Waals surface area (Å²) in [6.45, 7) is 2.93. The van der Waals surface area contributed by atoms with Gasteiger partial charge in [-0.3, -0.25) is 4.79 Å². The Balaban J connectivity index is 1.51. The van der Waals surface area contributed by atoms with Crippen molar-refractivity contribution in [2.75, 3.05) is 38.6 Å². The number of aromatic nitrogens is 1. The second kappa shape index (κ2) is 6.06. The number of carbonyl (C=O) groups is 1. The van der Waals surface area contributed by atoms with Crippen LogP contribution < -0.4 is 4.90 Å². The molecule has 0 spiro atoms. The first-order chi connectivity index (χ1) is 11.1. The predicted molar refractivity (Wildman–Crippen MR) is 92.8 cm³/mol. The van der Waals surface area contributed by atoms with Crippen LogP contribution in [0.2, 0.25) is 0 Å². The molecule has 1 aromatic heterocycles. The molecule has 3 fully saturated rings. The molecule has 0 radical (unpaired) electrons. The van der Waals surface area contributed by atoms with Gasteiger partial charge in [-0.05, 0) is 45.7 Å². The fourth-order valence-corrected chi connectivity index (χ4v) is 5.14. The number of hydrogen-bond acceptors (Lipinski definition) is 5. The van der Waals surface area contributed by atoms with E-state index < -0.39 is 0 Å². The standard InChI is InChI=1S/C17H26N4OS/c1-19(2)11-14-9-13-10-20(16(22)12-3-4-12)7-5-15(13)21(14)17-18-6-8-23-17/h6,8,12-15H,3-5,7,9-11H2,1-2H3/t13-,14+,15+/m1/s1. The number of anilines is 1. The average Bonchev–Trinajstić information content (AvgIpc) is 3.11. The molecule has 0 aromatic carbocycles. The molecular weight excluding hydrogens is 308 g/mol. The monoisotopic (exact) mass is 334 g/mol. The van der Waals surface area contributed by atoms with Gasteiger partial charge in [0.15, 0.2) is 5.13 Å². The zero-order valence-electron chi connectivity index (χ0n) is 14.0. The second-order valence-electron chi connectivity index (χ2n) is 7.55. The molecule has 0 bridgehead atoms. The van der Waals surface area contributed by atoms with Crippen molar-refractivity contribution in [3.63, 3.8) is 0 Å². The summed E-state index contributed by atoms with van der Waals surface area (Å²) < 4.78 is 0. The van der Waals surface area contributed by atoms with Crippen molar-refractivity contribution in [2.45, 2.75) is 37.8 Å². The highest BCUT2D eigenvalue weighted by molar-refractivity contribution is 7.13. The summed E-state index contributed by atoms with van der Waals surface area (Å²) in [7, 11) is 4.29. The number of hydrogen-bond donors (Lipinski definition) is 0. The van der Waals surface area contributed by atoms with Crippen molar-refractivity contribution in [2.24, 2.45) is 11.8 Å². The molecule has 0 unspecified atom stereocenters. The van der Waals surface area contributed by atoms with E-state index in [-0.39, 0.29) is 0 Å². The van der Waals surface area contributed by atoms with Gasteiger partial charge in [0.05, 0.1) is 0 Å². The number of fused-ring (bicyclic) bond motifs is 1. The maximum absolute atomic E-state index is 12.4. The first-order valence-corrected chi connectivity index (χ1v) is 9.63. The Hall–Kier alpha value is -1.14. The van der Waals surface area contributed by atoms with Crippen LogP contribution in [-0.2, 0) is 4.79 Å². The van der Waals surface area contributed by atoms with Gasteiger partial charge in [0.25, 0.3) is 0 Å². The van der Waals surface area contributed by atoms with Crippen molar-refractivity contribution in [3.8, 4) is 0 Å². The lowest BCUT2D eigenvalue weighted by molar-refractivity contribution is -0.134. The topological polar surface area (TPSA) is 39.7 Å². The van der Waals surface area contributed by atoms with Crippen molar-refractivity contribution in [3.05, 3.63) is 11.6 Å². The van der Waals surface area contributed by atoms with Crippen LogP contribution in [-0.4, -0.2) is 66.5 Å². The van der Waals surface area contributed by atoms with E-state index in [0.29, 0.717) is 29.8 Å². The Labute approximate surface area is 142 Å². The van der Waals surface area contributed by atoms with Crippen molar-refractivity contribution in [1.82, 2.24) is 14.8 Å². The smallest absolute Gasteiger partial charge is 0.225 e. The third kappa shape index (κ3) is 2.98. The number of piperidine rings is 1. The van der Waals surface area contributed by atoms with Crippen LogP contribution in [0.1, 0.15) is 25.7 Å². The molecule has 1 amide bonds. The third-order valence-corrected chi connectivity index (χ3v) is 6.26. The molecule has 1 aliphatic carbocycles. The van der Waals surface area contributed by atoms with E-state index in [1.54, 1.807) is 11.3 Å². The van der Waals surface area contributed by atoms with Crippen LogP contribution in [0.5, 0.6) is 0 Å². The molecule has 3 aliphatic rings. The number of thiazole rings is 1. The Morgan fingerprint density at radius 1 is 1.39 bits per heavy atom. The molecule has 126 valence electrons. The first-order valence-electron chi connectivity index (χ1n) is 8.75. The third-order valence-electron chi connectivity index (χ3n) is 5.47. The van der Waals surface area contributed by atoms with Gasteiger partial charge in [0.1, 0.15) is 0 Å². The van der Waals surface area contributed by atoms with E-state index in [1.165, 1.54) is 6.42 Å². The summed E-state index contributed by atoms with van der Waals surface area (Å²) in [4.78, 5) is 24.0. The molecule has 23 heavy (non-hydrogen) atoms. The molecule has 3 heterocycles. The maximum atomic E-state index is 12.4. The molecule has 4 rings (SSSR count). The van der Waals surface area contributed by atoms with E-state index in [4.69, 9.17) is 0 Å². The molecule has 1 aromatic rings. The van der Waals surface area contributed by atoms with Gasteiger partial charge < -0.3 is 14.7 Å². The van der Waals surface area contributed by atoms with Crippen molar-refractivity contribution in [1.29, 1.82) is 0 Å². The zero-order chi connectivity index (χ0) is 16.0. The number of carbonyl (C=O) groups excluding carboxylic acids is 1. The second-order valence-corrected chi connectivity index (χ2v) is 8.42. The lowest BCUT2D eigenvalue weighted by Crippen LogP contribution is -2.50. The van der Waals surface area contributed by atoms with Gasteiger partial charge in [-0.25, -0.2) is 4.98 Å². The Morgan fingerprint density at radius 2 is 2.22 bits per heavy atom. The minimum Gasteiger partial charge on any atom is -0.342 e. The van der Waals surface area contributed by atoms with E-state index in [0.717, 1.165) is 44.0 Å². The van der Waals surface area contributed by atoms with E-state index in [1.807, 2.05) is 6.20 Å². The van der Waals surface area contributed by atoms with Crippen LogP contribution in [0.15, 0.2) is 11.6 Å². The van der Waals surface area contributed by atoms with Gasteiger partial charge in [0, 0.05) is 49.2 Å². The summed E-state index contributed by atoms with van der Waals surface area (Å²) >= 11 is 1.74. The van der Waals surface area contributed by atoms with Crippen molar-refractivity contribution >= 4 is 22.4 Å². The Bertz CT molecular complexity index is 557. The summed E-state index contributed by atoms with van der Waals surface area (Å²) in [5.74, 6) is 1.36. The number of likely N-dealkylation sites (N-methyl/N-ethyl adjacent to an activating group) is 1. The van der Waals surface area contributed by atoms with Crippen LogP contribution in [0.25, 0.3) is 0 Å². The lowest BCUT2D eigenvalue weighted by atomic mass is 9.92. The molecule has 5 nitrogen and oxygen atoms in total. The van der Waals surface area contributed by atoms with Gasteiger partial charge in [-0.2, -0.15) is 0 Å². The minimum absolute atomic E-state index is 0.348. The predicted octanol–water partition coefficient (Wildman–Crippen LogP) is 1.91. The summed E-state index contributed by atoms with van der Waals surface area (Å²) in [6, 6.07) is 1.07. The number of nitrogens with zero attached hydrogens (tertiary/aromatic N) is 4. The van der Waals surface area contributed by atoms with Crippen LogP contribution in [0, 0.1) is 11.8 Å². The lowest BCUT2D eigenvalue weighted by Gasteiger charge is -2.39. The largest absolute Gasteiger partial charge is 0.342 e.